The first kappa shape index (κ1) is 18.9. The summed E-state index contributed by atoms with van der Waals surface area (Å²) in [5, 5.41) is 4.39. The van der Waals surface area contributed by atoms with E-state index in [-0.39, 0.29) is 15.7 Å². The summed E-state index contributed by atoms with van der Waals surface area (Å²) in [4.78, 5) is 23.2. The number of hydrogen-bond acceptors (Lipinski definition) is 2. The van der Waals surface area contributed by atoms with E-state index in [1.54, 1.807) is 0 Å². The van der Waals surface area contributed by atoms with E-state index in [9.17, 15) is 27.2 Å². The van der Waals surface area contributed by atoms with Gasteiger partial charge < -0.3 is 10.6 Å². The van der Waals surface area contributed by atoms with Gasteiger partial charge in [0, 0.05) is 17.1 Å². The van der Waals surface area contributed by atoms with Gasteiger partial charge in [-0.2, -0.15) is 13.2 Å². The summed E-state index contributed by atoms with van der Waals surface area (Å²) >= 11 is 2.99. The van der Waals surface area contributed by atoms with Crippen molar-refractivity contribution in [3.63, 3.8) is 0 Å². The summed E-state index contributed by atoms with van der Waals surface area (Å²) in [6.07, 6.45) is -4.75. The lowest BCUT2D eigenvalue weighted by atomic mass is 10.1. The molecule has 2 aromatic carbocycles. The van der Waals surface area contributed by atoms with E-state index >= 15 is 0 Å². The molecule has 4 nitrogen and oxygen atoms in total. The minimum Gasteiger partial charge on any atom is -0.326 e. The fourth-order valence-corrected chi connectivity index (χ4v) is 2.56. The van der Waals surface area contributed by atoms with Gasteiger partial charge in [0.25, 0.3) is 5.91 Å². The summed E-state index contributed by atoms with van der Waals surface area (Å²) in [6.45, 7) is 1.16. The first-order valence-electron chi connectivity index (χ1n) is 6.83. The predicted molar refractivity (Wildman–Crippen MR) is 87.8 cm³/mol. The highest BCUT2D eigenvalue weighted by Crippen LogP contribution is 2.37. The molecule has 25 heavy (non-hydrogen) atoms. The molecule has 132 valence electrons. The molecule has 2 amide bonds. The van der Waals surface area contributed by atoms with Crippen molar-refractivity contribution in [1.29, 1.82) is 0 Å². The number of amides is 2. The van der Waals surface area contributed by atoms with Gasteiger partial charge in [-0.1, -0.05) is 0 Å². The van der Waals surface area contributed by atoms with Crippen LogP contribution >= 0.6 is 15.9 Å². The van der Waals surface area contributed by atoms with Gasteiger partial charge in [0.05, 0.1) is 16.8 Å². The predicted octanol–water partition coefficient (Wildman–Crippen LogP) is 4.82. The van der Waals surface area contributed by atoms with Crippen molar-refractivity contribution in [3.05, 3.63) is 57.8 Å². The minimum absolute atomic E-state index is 0.0274. The lowest BCUT2D eigenvalue weighted by molar-refractivity contribution is -0.137. The van der Waals surface area contributed by atoms with Crippen LogP contribution in [-0.4, -0.2) is 11.8 Å². The van der Waals surface area contributed by atoms with E-state index in [1.807, 2.05) is 0 Å². The van der Waals surface area contributed by atoms with E-state index in [2.05, 4.69) is 26.6 Å². The maximum absolute atomic E-state index is 13.2. The average Bonchev–Trinajstić information content (AvgIpc) is 2.47. The first-order chi connectivity index (χ1) is 11.6. The van der Waals surface area contributed by atoms with Crippen molar-refractivity contribution in [3.8, 4) is 0 Å². The molecular formula is C16H11BrF4N2O2. The largest absolute Gasteiger partial charge is 0.418 e. The van der Waals surface area contributed by atoms with E-state index in [1.165, 1.54) is 6.07 Å². The molecule has 0 saturated heterocycles. The summed E-state index contributed by atoms with van der Waals surface area (Å²) in [5.74, 6) is -1.97. The quantitative estimate of drug-likeness (QED) is 0.702. The summed E-state index contributed by atoms with van der Waals surface area (Å²) in [7, 11) is 0. The van der Waals surface area contributed by atoms with Crippen molar-refractivity contribution >= 4 is 39.1 Å². The molecule has 2 rings (SSSR count). The summed E-state index contributed by atoms with van der Waals surface area (Å²) in [5.41, 5.74) is -1.69. The van der Waals surface area contributed by atoms with Crippen LogP contribution in [0.4, 0.5) is 28.9 Å². The van der Waals surface area contributed by atoms with E-state index < -0.39 is 35.1 Å². The molecule has 0 aliphatic carbocycles. The highest BCUT2D eigenvalue weighted by molar-refractivity contribution is 9.10. The van der Waals surface area contributed by atoms with Gasteiger partial charge in [0.2, 0.25) is 5.91 Å². The molecular weight excluding hydrogens is 408 g/mol. The van der Waals surface area contributed by atoms with Gasteiger partial charge in [0.15, 0.2) is 0 Å². The Morgan fingerprint density at radius 2 is 1.72 bits per heavy atom. The zero-order chi connectivity index (χ0) is 18.8. The molecule has 0 aliphatic heterocycles. The number of nitrogens with one attached hydrogen (secondary N) is 2. The normalized spacial score (nSPS) is 11.1. The standard InChI is InChI=1S/C16H11BrF4N2O2/c1-8(24)22-10-3-5-14(12(7-10)16(19,20)21)23-15(25)11-4-2-9(18)6-13(11)17/h2-7H,1H3,(H,22,24)(H,23,25). The molecule has 2 aromatic rings. The number of benzene rings is 2. The molecule has 0 bridgehead atoms. The Hall–Kier alpha value is -2.42. The summed E-state index contributed by atoms with van der Waals surface area (Å²) < 4.78 is 52.9. The topological polar surface area (TPSA) is 58.2 Å². The van der Waals surface area contributed by atoms with Crippen molar-refractivity contribution in [2.24, 2.45) is 0 Å². The van der Waals surface area contributed by atoms with Crippen LogP contribution in [0.2, 0.25) is 0 Å². The molecule has 0 aliphatic rings. The Labute approximate surface area is 148 Å². The Bertz CT molecular complexity index is 837. The molecule has 0 unspecified atom stereocenters. The molecule has 0 saturated carbocycles. The molecule has 2 N–H and O–H groups in total. The van der Waals surface area contributed by atoms with Gasteiger partial charge in [-0.15, -0.1) is 0 Å². The molecule has 0 spiro atoms. The van der Waals surface area contributed by atoms with Crippen molar-refractivity contribution < 1.29 is 27.2 Å². The molecule has 0 heterocycles. The number of hydrogen-bond donors (Lipinski definition) is 2. The van der Waals surface area contributed by atoms with Crippen LogP contribution in [0.5, 0.6) is 0 Å². The number of carbonyl (C=O) groups excluding carboxylic acids is 2. The highest BCUT2D eigenvalue weighted by atomic mass is 79.9. The van der Waals surface area contributed by atoms with Crippen LogP contribution in [-0.2, 0) is 11.0 Å². The van der Waals surface area contributed by atoms with Gasteiger partial charge in [0.1, 0.15) is 5.82 Å². The monoisotopic (exact) mass is 418 g/mol. The second-order valence-electron chi connectivity index (χ2n) is 5.02. The van der Waals surface area contributed by atoms with Gasteiger partial charge >= 0.3 is 6.18 Å². The van der Waals surface area contributed by atoms with Gasteiger partial charge in [-0.25, -0.2) is 4.39 Å². The average molecular weight is 419 g/mol. The van der Waals surface area contributed by atoms with E-state index in [0.29, 0.717) is 0 Å². The third-order valence-electron chi connectivity index (χ3n) is 3.07. The smallest absolute Gasteiger partial charge is 0.326 e. The van der Waals surface area contributed by atoms with Crippen LogP contribution < -0.4 is 10.6 Å². The Morgan fingerprint density at radius 1 is 1.04 bits per heavy atom. The first-order valence-corrected chi connectivity index (χ1v) is 7.62. The number of alkyl halides is 3. The molecule has 0 radical (unpaired) electrons. The van der Waals surface area contributed by atoms with Crippen molar-refractivity contribution in [2.75, 3.05) is 10.6 Å². The molecule has 9 heteroatoms. The Balaban J connectivity index is 2.37. The van der Waals surface area contributed by atoms with Crippen LogP contribution in [0.3, 0.4) is 0 Å². The van der Waals surface area contributed by atoms with E-state index in [4.69, 9.17) is 0 Å². The van der Waals surface area contributed by atoms with Gasteiger partial charge in [-0.3, -0.25) is 9.59 Å². The van der Waals surface area contributed by atoms with Crippen LogP contribution in [0.25, 0.3) is 0 Å². The van der Waals surface area contributed by atoms with E-state index in [0.717, 1.165) is 37.3 Å². The SMILES string of the molecule is CC(=O)Nc1ccc(NC(=O)c2ccc(F)cc2Br)c(C(F)(F)F)c1. The third-order valence-corrected chi connectivity index (χ3v) is 3.73. The van der Waals surface area contributed by atoms with Crippen molar-refractivity contribution in [1.82, 2.24) is 0 Å². The zero-order valence-electron chi connectivity index (χ0n) is 12.7. The minimum atomic E-state index is -4.75. The maximum atomic E-state index is 13.2. The fraction of sp³-hybridized carbons (Fsp3) is 0.125. The molecule has 0 fully saturated rings. The number of rotatable bonds is 3. The number of carbonyl (C=O) groups is 2. The lowest BCUT2D eigenvalue weighted by Gasteiger charge is -2.16. The second-order valence-corrected chi connectivity index (χ2v) is 5.87. The fourth-order valence-electron chi connectivity index (χ4n) is 2.03. The number of anilines is 2. The van der Waals surface area contributed by atoms with Crippen LogP contribution in [0, 0.1) is 5.82 Å². The lowest BCUT2D eigenvalue weighted by Crippen LogP contribution is -2.18. The van der Waals surface area contributed by atoms with Crippen LogP contribution in [0.1, 0.15) is 22.8 Å². The molecule has 0 atom stereocenters. The second kappa shape index (κ2) is 7.22. The Kier molecular flexibility index (Phi) is 5.46. The zero-order valence-corrected chi connectivity index (χ0v) is 14.3. The Morgan fingerprint density at radius 3 is 2.28 bits per heavy atom. The number of halogens is 5. The van der Waals surface area contributed by atoms with Crippen molar-refractivity contribution in [2.45, 2.75) is 13.1 Å². The molecule has 0 aromatic heterocycles. The maximum Gasteiger partial charge on any atom is 0.418 e. The highest BCUT2D eigenvalue weighted by Gasteiger charge is 2.34. The van der Waals surface area contributed by atoms with Gasteiger partial charge in [-0.05, 0) is 52.3 Å². The summed E-state index contributed by atoms with van der Waals surface area (Å²) in [6, 6.07) is 6.17. The third kappa shape index (κ3) is 4.79. The van der Waals surface area contributed by atoms with Crippen LogP contribution in [0.15, 0.2) is 40.9 Å².